The van der Waals surface area contributed by atoms with Crippen molar-refractivity contribution >= 4 is 16.9 Å². The van der Waals surface area contributed by atoms with Crippen molar-refractivity contribution in [3.05, 3.63) is 30.6 Å². The van der Waals surface area contributed by atoms with Crippen molar-refractivity contribution in [1.29, 1.82) is 0 Å². The van der Waals surface area contributed by atoms with Crippen LogP contribution in [0.25, 0.3) is 11.0 Å². The molecule has 120 valence electrons. The fourth-order valence-corrected chi connectivity index (χ4v) is 3.09. The normalized spacial score (nSPS) is 18.0. The van der Waals surface area contributed by atoms with Gasteiger partial charge in [0.15, 0.2) is 0 Å². The molecule has 1 saturated heterocycles. The van der Waals surface area contributed by atoms with Crippen LogP contribution >= 0.6 is 0 Å². The maximum atomic E-state index is 12.6. The molecule has 1 amide bonds. The highest BCUT2D eigenvalue weighted by Crippen LogP contribution is 2.18. The molecule has 23 heavy (non-hydrogen) atoms. The van der Waals surface area contributed by atoms with Crippen molar-refractivity contribution in [2.45, 2.75) is 19.4 Å². The van der Waals surface area contributed by atoms with Crippen LogP contribution < -0.4 is 0 Å². The SMILES string of the molecule is C#CCOCC1CCCN(C(=O)Cn2cnc3ccccc32)C1. The van der Waals surface area contributed by atoms with Gasteiger partial charge in [-0.2, -0.15) is 0 Å². The highest BCUT2D eigenvalue weighted by Gasteiger charge is 2.24. The van der Waals surface area contributed by atoms with Gasteiger partial charge in [-0.05, 0) is 30.9 Å². The topological polar surface area (TPSA) is 47.4 Å². The van der Waals surface area contributed by atoms with Gasteiger partial charge in [0, 0.05) is 13.1 Å². The second-order valence-electron chi connectivity index (χ2n) is 5.93. The Labute approximate surface area is 136 Å². The van der Waals surface area contributed by atoms with Gasteiger partial charge in [0.2, 0.25) is 5.91 Å². The molecule has 3 rings (SSSR count). The van der Waals surface area contributed by atoms with E-state index >= 15 is 0 Å². The monoisotopic (exact) mass is 311 g/mol. The van der Waals surface area contributed by atoms with E-state index in [2.05, 4.69) is 10.9 Å². The first-order valence-corrected chi connectivity index (χ1v) is 7.97. The largest absolute Gasteiger partial charge is 0.368 e. The Morgan fingerprint density at radius 3 is 3.17 bits per heavy atom. The van der Waals surface area contributed by atoms with Gasteiger partial charge in [0.05, 0.1) is 24.0 Å². The number of hydrogen-bond acceptors (Lipinski definition) is 3. The van der Waals surface area contributed by atoms with Crippen molar-refractivity contribution in [2.24, 2.45) is 5.92 Å². The Morgan fingerprint density at radius 1 is 1.43 bits per heavy atom. The molecular formula is C18H21N3O2. The van der Waals surface area contributed by atoms with Crippen LogP contribution in [0.5, 0.6) is 0 Å². The molecule has 1 unspecified atom stereocenters. The van der Waals surface area contributed by atoms with Crippen LogP contribution in [-0.4, -0.2) is 46.7 Å². The molecule has 5 nitrogen and oxygen atoms in total. The number of carbonyl (C=O) groups excluding carboxylic acids is 1. The van der Waals surface area contributed by atoms with Crippen molar-refractivity contribution in [1.82, 2.24) is 14.5 Å². The van der Waals surface area contributed by atoms with Crippen LogP contribution in [0.15, 0.2) is 30.6 Å². The van der Waals surface area contributed by atoms with Crippen molar-refractivity contribution in [3.63, 3.8) is 0 Å². The Balaban J connectivity index is 1.60. The fourth-order valence-electron chi connectivity index (χ4n) is 3.09. The van der Waals surface area contributed by atoms with E-state index in [9.17, 15) is 4.79 Å². The van der Waals surface area contributed by atoms with Gasteiger partial charge in [0.1, 0.15) is 13.2 Å². The summed E-state index contributed by atoms with van der Waals surface area (Å²) in [4.78, 5) is 18.9. The van der Waals surface area contributed by atoms with Crippen LogP contribution in [0.2, 0.25) is 0 Å². The van der Waals surface area contributed by atoms with Crippen LogP contribution in [0.4, 0.5) is 0 Å². The van der Waals surface area contributed by atoms with Gasteiger partial charge in [-0.15, -0.1) is 6.42 Å². The maximum Gasteiger partial charge on any atom is 0.242 e. The van der Waals surface area contributed by atoms with E-state index in [0.717, 1.165) is 37.0 Å². The summed E-state index contributed by atoms with van der Waals surface area (Å²) < 4.78 is 7.34. The van der Waals surface area contributed by atoms with E-state index in [1.165, 1.54) is 0 Å². The number of piperidine rings is 1. The van der Waals surface area contributed by atoms with Crippen LogP contribution in [0.1, 0.15) is 12.8 Å². The third-order valence-corrected chi connectivity index (χ3v) is 4.24. The Morgan fingerprint density at radius 2 is 2.30 bits per heavy atom. The number of imidazole rings is 1. The van der Waals surface area contributed by atoms with Gasteiger partial charge >= 0.3 is 0 Å². The van der Waals surface area contributed by atoms with Crippen LogP contribution in [0, 0.1) is 18.3 Å². The third kappa shape index (κ3) is 3.72. The van der Waals surface area contributed by atoms with Crippen LogP contribution in [-0.2, 0) is 16.1 Å². The highest BCUT2D eigenvalue weighted by atomic mass is 16.5. The van der Waals surface area contributed by atoms with Crippen molar-refractivity contribution in [3.8, 4) is 12.3 Å². The molecule has 0 N–H and O–H groups in total. The summed E-state index contributed by atoms with van der Waals surface area (Å²) in [6.07, 6.45) is 9.03. The third-order valence-electron chi connectivity index (χ3n) is 4.24. The summed E-state index contributed by atoms with van der Waals surface area (Å²) in [6, 6.07) is 7.86. The van der Waals surface area contributed by atoms with E-state index in [1.807, 2.05) is 33.7 Å². The van der Waals surface area contributed by atoms with E-state index in [-0.39, 0.29) is 5.91 Å². The lowest BCUT2D eigenvalue weighted by molar-refractivity contribution is -0.134. The Hall–Kier alpha value is -2.32. The lowest BCUT2D eigenvalue weighted by Gasteiger charge is -2.32. The predicted octanol–water partition coefficient (Wildman–Crippen LogP) is 1.92. The first-order chi connectivity index (χ1) is 11.3. The van der Waals surface area contributed by atoms with Gasteiger partial charge in [-0.1, -0.05) is 18.1 Å². The first kappa shape index (κ1) is 15.6. The summed E-state index contributed by atoms with van der Waals surface area (Å²) in [7, 11) is 0. The Bertz CT molecular complexity index is 716. The maximum absolute atomic E-state index is 12.6. The molecule has 1 fully saturated rings. The van der Waals surface area contributed by atoms with E-state index in [0.29, 0.717) is 25.7 Å². The zero-order chi connectivity index (χ0) is 16.1. The quantitative estimate of drug-likeness (QED) is 0.626. The second-order valence-corrected chi connectivity index (χ2v) is 5.93. The van der Waals surface area contributed by atoms with E-state index in [1.54, 1.807) is 6.33 Å². The van der Waals surface area contributed by atoms with Gasteiger partial charge in [-0.3, -0.25) is 4.79 Å². The average molecular weight is 311 g/mol. The molecule has 1 aliphatic heterocycles. The summed E-state index contributed by atoms with van der Waals surface area (Å²) in [6.45, 7) is 2.86. The lowest BCUT2D eigenvalue weighted by atomic mass is 9.99. The number of aromatic nitrogens is 2. The molecule has 0 radical (unpaired) electrons. The summed E-state index contributed by atoms with van der Waals surface area (Å²) >= 11 is 0. The number of para-hydroxylation sites is 2. The average Bonchev–Trinajstić information content (AvgIpc) is 2.99. The molecule has 0 saturated carbocycles. The number of carbonyl (C=O) groups is 1. The smallest absolute Gasteiger partial charge is 0.242 e. The predicted molar refractivity (Wildman–Crippen MR) is 88.7 cm³/mol. The molecule has 1 atom stereocenters. The molecule has 2 aromatic rings. The van der Waals surface area contributed by atoms with Crippen LogP contribution in [0.3, 0.4) is 0 Å². The molecule has 0 bridgehead atoms. The number of hydrogen-bond donors (Lipinski definition) is 0. The van der Waals surface area contributed by atoms with Gasteiger partial charge < -0.3 is 14.2 Å². The number of terminal acetylenes is 1. The lowest BCUT2D eigenvalue weighted by Crippen LogP contribution is -2.42. The number of nitrogens with zero attached hydrogens (tertiary/aromatic N) is 3. The highest BCUT2D eigenvalue weighted by molar-refractivity contribution is 5.80. The van der Waals surface area contributed by atoms with Crippen molar-refractivity contribution in [2.75, 3.05) is 26.3 Å². The van der Waals surface area contributed by atoms with E-state index < -0.39 is 0 Å². The molecule has 2 heterocycles. The van der Waals surface area contributed by atoms with Gasteiger partial charge in [-0.25, -0.2) is 4.98 Å². The standard InChI is InChI=1S/C18H21N3O2/c1-2-10-23-13-15-6-5-9-20(11-15)18(22)12-21-14-19-16-7-3-4-8-17(16)21/h1,3-4,7-8,14-15H,5-6,9-13H2. The number of amides is 1. The number of ether oxygens (including phenoxy) is 1. The summed E-state index contributed by atoms with van der Waals surface area (Å²) in [5, 5.41) is 0. The first-order valence-electron chi connectivity index (χ1n) is 7.97. The molecule has 1 aliphatic rings. The molecule has 0 aliphatic carbocycles. The van der Waals surface area contributed by atoms with Gasteiger partial charge in [0.25, 0.3) is 0 Å². The van der Waals surface area contributed by atoms with E-state index in [4.69, 9.17) is 11.2 Å². The summed E-state index contributed by atoms with van der Waals surface area (Å²) in [5.41, 5.74) is 1.91. The molecular weight excluding hydrogens is 290 g/mol. The second kappa shape index (κ2) is 7.30. The number of likely N-dealkylation sites (tertiary alicyclic amines) is 1. The zero-order valence-electron chi connectivity index (χ0n) is 13.1. The molecule has 1 aromatic carbocycles. The Kier molecular flexibility index (Phi) is 4.94. The van der Waals surface area contributed by atoms with Crippen molar-refractivity contribution < 1.29 is 9.53 Å². The summed E-state index contributed by atoms with van der Waals surface area (Å²) in [5.74, 6) is 2.98. The number of benzene rings is 1. The zero-order valence-corrected chi connectivity index (χ0v) is 13.1. The minimum Gasteiger partial charge on any atom is -0.368 e. The minimum absolute atomic E-state index is 0.134. The molecule has 5 heteroatoms. The number of rotatable bonds is 5. The minimum atomic E-state index is 0.134. The molecule has 1 aromatic heterocycles. The fraction of sp³-hybridized carbons (Fsp3) is 0.444. The molecule has 0 spiro atoms. The number of fused-ring (bicyclic) bond motifs is 1.